The molecule has 0 spiro atoms. The Bertz CT molecular complexity index is 288. The molecule has 1 atom stereocenters. The molecule has 1 unspecified atom stereocenters. The summed E-state index contributed by atoms with van der Waals surface area (Å²) in [4.78, 5) is 1.42. The van der Waals surface area contributed by atoms with E-state index in [1.807, 2.05) is 0 Å². The normalized spacial score (nSPS) is 32.7. The Hall–Kier alpha value is -0.220. The molecule has 0 amide bonds. The van der Waals surface area contributed by atoms with Crippen LogP contribution in [0.4, 0.5) is 0 Å². The van der Waals surface area contributed by atoms with Crippen LogP contribution in [0.3, 0.4) is 0 Å². The van der Waals surface area contributed by atoms with Crippen molar-refractivity contribution in [2.45, 2.75) is 19.3 Å². The van der Waals surface area contributed by atoms with Crippen molar-refractivity contribution in [3.63, 3.8) is 0 Å². The van der Waals surface area contributed by atoms with Crippen LogP contribution in [0.15, 0.2) is 16.1 Å². The van der Waals surface area contributed by atoms with Gasteiger partial charge in [0.05, 0.1) is 20.4 Å². The summed E-state index contributed by atoms with van der Waals surface area (Å²) in [5, 5.41) is 6.31. The zero-order chi connectivity index (χ0) is 7.26. The van der Waals surface area contributed by atoms with Gasteiger partial charge in [0.2, 0.25) is 0 Å². The summed E-state index contributed by atoms with van der Waals surface area (Å²) < 4.78 is 5.28. The summed E-state index contributed by atoms with van der Waals surface area (Å²) >= 11 is 0. The predicted octanol–water partition coefficient (Wildman–Crippen LogP) is 2.46. The minimum Gasteiger partial charge on any atom is -0.319 e. The molecule has 0 aromatic heterocycles. The van der Waals surface area contributed by atoms with Crippen molar-refractivity contribution in [2.75, 3.05) is 0 Å². The van der Waals surface area contributed by atoms with Crippen LogP contribution in [0.1, 0.15) is 19.3 Å². The lowest BCUT2D eigenvalue weighted by Crippen LogP contribution is -2.17. The van der Waals surface area contributed by atoms with Gasteiger partial charge < -0.3 is 4.28 Å². The van der Waals surface area contributed by atoms with Crippen molar-refractivity contribution in [2.24, 2.45) is 5.16 Å². The molecule has 0 saturated heterocycles. The molecule has 0 aromatic rings. The number of oxime groups is 1. The summed E-state index contributed by atoms with van der Waals surface area (Å²) in [6.07, 6.45) is 3.60. The van der Waals surface area contributed by atoms with Gasteiger partial charge in [-0.15, -0.1) is 0 Å². The summed E-state index contributed by atoms with van der Waals surface area (Å²) in [5.41, 5.74) is 2.71. The summed E-state index contributed by atoms with van der Waals surface area (Å²) in [5.74, 6) is 0. The fraction of sp³-hybridized carbons (Fsp3) is 0.429. The van der Waals surface area contributed by atoms with Gasteiger partial charge in [-0.3, -0.25) is 0 Å². The van der Waals surface area contributed by atoms with E-state index in [9.17, 15) is 0 Å². The molecule has 1 saturated carbocycles. The molecule has 11 heavy (non-hydrogen) atoms. The predicted molar refractivity (Wildman–Crippen MR) is 50.6 cm³/mol. The first-order chi connectivity index (χ1) is 5.45. The number of hydrogen-bond acceptors (Lipinski definition) is 3. The van der Waals surface area contributed by atoms with Crippen molar-refractivity contribution in [3.05, 3.63) is 11.0 Å². The van der Waals surface area contributed by atoms with Crippen molar-refractivity contribution >= 4 is 31.2 Å². The van der Waals surface area contributed by atoms with Crippen molar-refractivity contribution in [3.8, 4) is 0 Å². The lowest BCUT2D eigenvalue weighted by molar-refractivity contribution is 0.413. The first kappa shape index (κ1) is 6.31. The molecule has 2 heterocycles. The monoisotopic (exact) mass is 185 g/mol. The van der Waals surface area contributed by atoms with Gasteiger partial charge in [-0.1, -0.05) is 5.16 Å². The second-order valence-corrected chi connectivity index (χ2v) is 5.71. The Morgan fingerprint density at radius 3 is 3.55 bits per heavy atom. The highest BCUT2D eigenvalue weighted by Crippen LogP contribution is 2.49. The Kier molecular flexibility index (Phi) is 1.23. The highest BCUT2D eigenvalue weighted by atomic mass is 33.1. The van der Waals surface area contributed by atoms with Crippen molar-refractivity contribution < 1.29 is 4.28 Å². The Balaban J connectivity index is 2.16. The van der Waals surface area contributed by atoms with Gasteiger partial charge in [0, 0.05) is 0 Å². The van der Waals surface area contributed by atoms with E-state index in [0.717, 1.165) is 6.42 Å². The molecule has 0 N–H and O–H groups in total. The van der Waals surface area contributed by atoms with Crippen LogP contribution in [0.25, 0.3) is 0 Å². The van der Waals surface area contributed by atoms with Gasteiger partial charge in [-0.2, -0.15) is 0 Å². The van der Waals surface area contributed by atoms with E-state index in [2.05, 4.69) is 10.6 Å². The molecule has 0 bridgehead atoms. The van der Waals surface area contributed by atoms with Crippen LogP contribution in [0.5, 0.6) is 0 Å². The summed E-state index contributed by atoms with van der Waals surface area (Å²) in [6, 6.07) is 0. The molecule has 2 nitrogen and oxygen atoms in total. The average molecular weight is 185 g/mol. The van der Waals surface area contributed by atoms with E-state index >= 15 is 0 Å². The van der Waals surface area contributed by atoms with E-state index in [-0.39, 0.29) is 9.80 Å². The van der Waals surface area contributed by atoms with Crippen LogP contribution in [-0.2, 0) is 4.28 Å². The first-order valence-electron chi connectivity index (χ1n) is 3.68. The van der Waals surface area contributed by atoms with E-state index < -0.39 is 0 Å². The second kappa shape index (κ2) is 2.14. The molecule has 0 aromatic carbocycles. The molecule has 4 heteroatoms. The highest BCUT2D eigenvalue weighted by Gasteiger charge is 2.31. The lowest BCUT2D eigenvalue weighted by Gasteiger charge is -2.11. The number of hydrogen-bond donors (Lipinski definition) is 0. The fourth-order valence-electron chi connectivity index (χ4n) is 1.55. The molecule has 3 rings (SSSR count). The molecule has 58 valence electrons. The Labute approximate surface area is 71.2 Å². The van der Waals surface area contributed by atoms with Gasteiger partial charge in [0.1, 0.15) is 0 Å². The molecule has 3 aliphatic rings. The van der Waals surface area contributed by atoms with Gasteiger partial charge in [0.15, 0.2) is 0 Å². The van der Waals surface area contributed by atoms with E-state index in [1.165, 1.54) is 29.0 Å². The number of nitrogens with zero attached hydrogens (tertiary/aromatic N) is 1. The minimum atomic E-state index is -0.0397. The van der Waals surface area contributed by atoms with Crippen LogP contribution in [-0.4, -0.2) is 10.6 Å². The van der Waals surface area contributed by atoms with E-state index in [4.69, 9.17) is 4.28 Å². The van der Waals surface area contributed by atoms with Crippen molar-refractivity contribution in [1.29, 1.82) is 0 Å². The lowest BCUT2D eigenvalue weighted by atomic mass is 9.94. The van der Waals surface area contributed by atoms with E-state index in [1.54, 1.807) is 10.8 Å². The summed E-state index contributed by atoms with van der Waals surface area (Å²) in [6.45, 7) is 0. The van der Waals surface area contributed by atoms with Gasteiger partial charge in [-0.05, 0) is 41.0 Å². The molecule has 1 fully saturated rings. The first-order valence-corrected chi connectivity index (χ1v) is 6.22. The van der Waals surface area contributed by atoms with Crippen molar-refractivity contribution in [1.82, 2.24) is 0 Å². The zero-order valence-electron chi connectivity index (χ0n) is 5.87. The van der Waals surface area contributed by atoms with Crippen LogP contribution >= 0.6 is 20.6 Å². The molecule has 0 radical (unpaired) electrons. The third kappa shape index (κ3) is 0.767. The maximum atomic E-state index is 5.28. The molecule has 1 aliphatic carbocycles. The van der Waals surface area contributed by atoms with Crippen LogP contribution < -0.4 is 0 Å². The second-order valence-electron chi connectivity index (χ2n) is 2.77. The van der Waals surface area contributed by atoms with Gasteiger partial charge >= 0.3 is 0 Å². The Morgan fingerprint density at radius 2 is 2.55 bits per heavy atom. The largest absolute Gasteiger partial charge is 0.319 e. The van der Waals surface area contributed by atoms with E-state index in [0.29, 0.717) is 0 Å². The average Bonchev–Trinajstić information content (AvgIpc) is 2.60. The zero-order valence-corrected chi connectivity index (χ0v) is 7.50. The maximum Gasteiger partial charge on any atom is 0.0985 e. The SMILES string of the molecule is C1=C2CCCC3=NOS(=C23)S1. The topological polar surface area (TPSA) is 21.6 Å². The fourth-order valence-corrected chi connectivity index (χ4v) is 4.83. The highest BCUT2D eigenvalue weighted by molar-refractivity contribution is 8.84. The number of allylic oxidation sites excluding steroid dienone is 1. The maximum absolute atomic E-state index is 5.28. The quantitative estimate of drug-likeness (QED) is 0.427. The Morgan fingerprint density at radius 1 is 1.55 bits per heavy atom. The minimum absolute atomic E-state index is 0.0397. The third-order valence-corrected chi connectivity index (χ3v) is 5.17. The smallest absolute Gasteiger partial charge is 0.0985 e. The van der Waals surface area contributed by atoms with Crippen LogP contribution in [0.2, 0.25) is 0 Å². The molecule has 2 aliphatic heterocycles. The third-order valence-electron chi connectivity index (χ3n) is 2.07. The van der Waals surface area contributed by atoms with Crippen LogP contribution in [0, 0.1) is 0 Å². The summed E-state index contributed by atoms with van der Waals surface area (Å²) in [7, 11) is 1.74. The van der Waals surface area contributed by atoms with Gasteiger partial charge in [0.25, 0.3) is 0 Å². The molecular weight excluding hydrogens is 178 g/mol. The standard InChI is InChI=1S/C7H7NOS2/c1-2-5-4-10-11-7(5)6(3-1)8-9-11/h4H,1-3H2. The number of rotatable bonds is 0. The molecular formula is C7H7NOS2. The van der Waals surface area contributed by atoms with Gasteiger partial charge in [-0.25, -0.2) is 0 Å².